The van der Waals surface area contributed by atoms with Gasteiger partial charge in [-0.3, -0.25) is 9.59 Å². The van der Waals surface area contributed by atoms with E-state index in [-0.39, 0.29) is 17.9 Å². The minimum absolute atomic E-state index is 0.0544. The van der Waals surface area contributed by atoms with Crippen LogP contribution in [0.5, 0.6) is 11.5 Å². The molecule has 1 aliphatic heterocycles. The number of carbonyl (C=O) groups excluding carboxylic acids is 2. The van der Waals surface area contributed by atoms with Gasteiger partial charge in [0.15, 0.2) is 0 Å². The highest BCUT2D eigenvalue weighted by molar-refractivity contribution is 6.46. The number of methoxy groups -OCH3 is 1. The maximum absolute atomic E-state index is 13.2. The molecule has 1 unspecified atom stereocenters. The molecule has 34 heavy (non-hydrogen) atoms. The minimum Gasteiger partial charge on any atom is -0.507 e. The van der Waals surface area contributed by atoms with Crippen molar-refractivity contribution in [3.63, 3.8) is 0 Å². The van der Waals surface area contributed by atoms with Crippen molar-refractivity contribution in [1.82, 2.24) is 4.90 Å². The van der Waals surface area contributed by atoms with Gasteiger partial charge in [0.2, 0.25) is 0 Å². The molecule has 0 aliphatic carbocycles. The Morgan fingerprint density at radius 1 is 0.941 bits per heavy atom. The SMILES string of the molecule is CCCOc1cccc(C(O)=C2C(=O)C(=O)N(Cc3ccccc3)C2c2ccc(OC)cc2)c1. The summed E-state index contributed by atoms with van der Waals surface area (Å²) in [5.41, 5.74) is 2.07. The summed E-state index contributed by atoms with van der Waals surface area (Å²) in [6, 6.07) is 22.8. The van der Waals surface area contributed by atoms with Crippen molar-refractivity contribution in [3.8, 4) is 11.5 Å². The smallest absolute Gasteiger partial charge is 0.295 e. The van der Waals surface area contributed by atoms with Crippen molar-refractivity contribution in [2.24, 2.45) is 0 Å². The molecule has 3 aromatic rings. The molecule has 0 radical (unpaired) electrons. The molecule has 1 atom stereocenters. The van der Waals surface area contributed by atoms with Gasteiger partial charge in [-0.05, 0) is 41.8 Å². The third-order valence-electron chi connectivity index (χ3n) is 5.75. The number of ether oxygens (including phenoxy) is 2. The van der Waals surface area contributed by atoms with E-state index in [9.17, 15) is 14.7 Å². The number of aliphatic hydroxyl groups excluding tert-OH is 1. The highest BCUT2D eigenvalue weighted by atomic mass is 16.5. The van der Waals surface area contributed by atoms with Crippen LogP contribution in [-0.2, 0) is 16.1 Å². The van der Waals surface area contributed by atoms with Crippen LogP contribution >= 0.6 is 0 Å². The van der Waals surface area contributed by atoms with E-state index >= 15 is 0 Å². The van der Waals surface area contributed by atoms with Crippen LogP contribution in [0.3, 0.4) is 0 Å². The number of ketones is 1. The third-order valence-corrected chi connectivity index (χ3v) is 5.75. The van der Waals surface area contributed by atoms with Gasteiger partial charge >= 0.3 is 0 Å². The fourth-order valence-corrected chi connectivity index (χ4v) is 4.06. The van der Waals surface area contributed by atoms with Gasteiger partial charge < -0.3 is 19.5 Å². The predicted octanol–water partition coefficient (Wildman–Crippen LogP) is 5.11. The Balaban J connectivity index is 1.81. The first-order valence-corrected chi connectivity index (χ1v) is 11.2. The molecular weight excluding hydrogens is 430 g/mol. The van der Waals surface area contributed by atoms with Crippen molar-refractivity contribution < 1.29 is 24.2 Å². The number of nitrogens with zero attached hydrogens (tertiary/aromatic N) is 1. The van der Waals surface area contributed by atoms with Gasteiger partial charge in [0, 0.05) is 12.1 Å². The summed E-state index contributed by atoms with van der Waals surface area (Å²) in [4.78, 5) is 27.9. The summed E-state index contributed by atoms with van der Waals surface area (Å²) >= 11 is 0. The Labute approximate surface area is 199 Å². The second-order valence-electron chi connectivity index (χ2n) is 8.06. The predicted molar refractivity (Wildman–Crippen MR) is 130 cm³/mol. The molecule has 6 heteroatoms. The van der Waals surface area contributed by atoms with Crippen LogP contribution in [0.25, 0.3) is 5.76 Å². The number of hydrogen-bond acceptors (Lipinski definition) is 5. The quantitative estimate of drug-likeness (QED) is 0.289. The Morgan fingerprint density at radius 3 is 2.35 bits per heavy atom. The fourth-order valence-electron chi connectivity index (χ4n) is 4.06. The normalized spacial score (nSPS) is 17.1. The zero-order valence-corrected chi connectivity index (χ0v) is 19.2. The van der Waals surface area contributed by atoms with Gasteiger partial charge in [-0.1, -0.05) is 61.5 Å². The zero-order valence-electron chi connectivity index (χ0n) is 19.2. The van der Waals surface area contributed by atoms with Crippen LogP contribution in [0.4, 0.5) is 0 Å². The number of amides is 1. The summed E-state index contributed by atoms with van der Waals surface area (Å²) in [6.45, 7) is 2.78. The Kier molecular flexibility index (Phi) is 6.97. The highest BCUT2D eigenvalue weighted by Gasteiger charge is 2.46. The second kappa shape index (κ2) is 10.3. The molecule has 4 rings (SSSR count). The second-order valence-corrected chi connectivity index (χ2v) is 8.06. The molecule has 0 aromatic heterocycles. The van der Waals surface area contributed by atoms with Crippen LogP contribution in [0.2, 0.25) is 0 Å². The first kappa shape index (κ1) is 23.1. The standard InChI is InChI=1S/C28H27NO5/c1-3-16-34-23-11-7-10-21(17-23)26(30)24-25(20-12-14-22(33-2)15-13-20)29(28(32)27(24)31)18-19-8-5-4-6-9-19/h4-15,17,25,30H,3,16,18H2,1-2H3. The Hall–Kier alpha value is -4.06. The molecule has 0 spiro atoms. The van der Waals surface area contributed by atoms with Crippen LogP contribution in [0.15, 0.2) is 84.4 Å². The van der Waals surface area contributed by atoms with Crippen LogP contribution in [0.1, 0.15) is 36.1 Å². The number of benzene rings is 3. The summed E-state index contributed by atoms with van der Waals surface area (Å²) in [5, 5.41) is 11.3. The number of likely N-dealkylation sites (tertiary alicyclic amines) is 1. The summed E-state index contributed by atoms with van der Waals surface area (Å²) < 4.78 is 10.9. The van der Waals surface area contributed by atoms with Crippen molar-refractivity contribution in [1.29, 1.82) is 0 Å². The zero-order chi connectivity index (χ0) is 24.1. The van der Waals surface area contributed by atoms with Gasteiger partial charge in [0.1, 0.15) is 17.3 Å². The molecule has 0 saturated carbocycles. The van der Waals surface area contributed by atoms with E-state index in [2.05, 4.69) is 0 Å². The molecule has 6 nitrogen and oxygen atoms in total. The lowest BCUT2D eigenvalue weighted by molar-refractivity contribution is -0.140. The number of hydrogen-bond donors (Lipinski definition) is 1. The molecule has 1 amide bonds. The number of rotatable bonds is 8. The molecule has 1 fully saturated rings. The molecule has 1 heterocycles. The van der Waals surface area contributed by atoms with Crippen LogP contribution in [-0.4, -0.2) is 35.4 Å². The average molecular weight is 458 g/mol. The maximum Gasteiger partial charge on any atom is 0.295 e. The molecular formula is C28H27NO5. The minimum atomic E-state index is -0.744. The fraction of sp³-hybridized carbons (Fsp3) is 0.214. The summed E-state index contributed by atoms with van der Waals surface area (Å²) in [7, 11) is 1.57. The molecule has 174 valence electrons. The van der Waals surface area contributed by atoms with E-state index in [0.29, 0.717) is 29.2 Å². The van der Waals surface area contributed by atoms with E-state index in [1.54, 1.807) is 55.6 Å². The lowest BCUT2D eigenvalue weighted by Crippen LogP contribution is -2.29. The van der Waals surface area contributed by atoms with Crippen molar-refractivity contribution in [2.45, 2.75) is 25.9 Å². The van der Waals surface area contributed by atoms with E-state index in [1.807, 2.05) is 37.3 Å². The molecule has 0 bridgehead atoms. The molecule has 1 N–H and O–H groups in total. The van der Waals surface area contributed by atoms with Crippen molar-refractivity contribution in [3.05, 3.63) is 101 Å². The average Bonchev–Trinajstić information content (AvgIpc) is 3.12. The largest absolute Gasteiger partial charge is 0.507 e. The lowest BCUT2D eigenvalue weighted by Gasteiger charge is -2.25. The van der Waals surface area contributed by atoms with Crippen LogP contribution < -0.4 is 9.47 Å². The first-order valence-electron chi connectivity index (χ1n) is 11.2. The highest BCUT2D eigenvalue weighted by Crippen LogP contribution is 2.41. The molecule has 3 aromatic carbocycles. The van der Waals surface area contributed by atoms with Gasteiger partial charge in [-0.2, -0.15) is 0 Å². The van der Waals surface area contributed by atoms with Crippen molar-refractivity contribution in [2.75, 3.05) is 13.7 Å². The Morgan fingerprint density at radius 2 is 1.68 bits per heavy atom. The lowest BCUT2D eigenvalue weighted by atomic mass is 9.95. The number of aliphatic hydroxyl groups is 1. The summed E-state index contributed by atoms with van der Waals surface area (Å²) in [6.07, 6.45) is 0.846. The summed E-state index contributed by atoms with van der Waals surface area (Å²) in [5.74, 6) is -0.342. The van der Waals surface area contributed by atoms with Gasteiger partial charge in [0.05, 0.1) is 25.3 Å². The van der Waals surface area contributed by atoms with Crippen molar-refractivity contribution >= 4 is 17.4 Å². The first-order chi connectivity index (χ1) is 16.5. The van der Waals surface area contributed by atoms with E-state index in [4.69, 9.17) is 9.47 Å². The topological polar surface area (TPSA) is 76.1 Å². The van der Waals surface area contributed by atoms with E-state index in [0.717, 1.165) is 12.0 Å². The van der Waals surface area contributed by atoms with Crippen LogP contribution in [0, 0.1) is 0 Å². The van der Waals surface area contributed by atoms with Gasteiger partial charge in [-0.15, -0.1) is 0 Å². The maximum atomic E-state index is 13.2. The van der Waals surface area contributed by atoms with E-state index in [1.165, 1.54) is 4.90 Å². The number of Topliss-reactive ketones (excluding diaryl/α,β-unsaturated/α-hetero) is 1. The third kappa shape index (κ3) is 4.66. The number of carbonyl (C=O) groups is 2. The van der Waals surface area contributed by atoms with Gasteiger partial charge in [-0.25, -0.2) is 0 Å². The molecule has 1 saturated heterocycles. The Bertz CT molecular complexity index is 1200. The molecule has 1 aliphatic rings. The monoisotopic (exact) mass is 457 g/mol. The van der Waals surface area contributed by atoms with Gasteiger partial charge in [0.25, 0.3) is 11.7 Å². The van der Waals surface area contributed by atoms with E-state index < -0.39 is 17.7 Å².